The molecule has 1 saturated heterocycles. The molecule has 0 aromatic rings. The van der Waals surface area contributed by atoms with Gasteiger partial charge in [-0.15, -0.1) is 0 Å². The fourth-order valence-corrected chi connectivity index (χ4v) is 2.09. The normalized spacial score (nSPS) is 33.9. The van der Waals surface area contributed by atoms with Crippen LogP contribution in [0.3, 0.4) is 0 Å². The largest absolute Gasteiger partial charge is 0.379 e. The fourth-order valence-electron chi connectivity index (χ4n) is 2.09. The van der Waals surface area contributed by atoms with Gasteiger partial charge in [-0.3, -0.25) is 5.84 Å². The summed E-state index contributed by atoms with van der Waals surface area (Å²) in [6.07, 6.45) is 2.77. The third-order valence-corrected chi connectivity index (χ3v) is 2.93. The molecule has 3 atom stereocenters. The van der Waals surface area contributed by atoms with Crippen LogP contribution in [0.1, 0.15) is 32.6 Å². The zero-order chi connectivity index (χ0) is 10.6. The van der Waals surface area contributed by atoms with E-state index >= 15 is 0 Å². The van der Waals surface area contributed by atoms with Gasteiger partial charge in [-0.05, 0) is 19.3 Å². The van der Waals surface area contributed by atoms with Crippen molar-refractivity contribution in [3.8, 4) is 0 Å². The van der Waals surface area contributed by atoms with E-state index in [1.807, 2.05) is 0 Å². The molecule has 0 aromatic heterocycles. The summed E-state index contributed by atoms with van der Waals surface area (Å²) in [6.45, 7) is 2.84. The Labute approximate surface area is 84.8 Å². The molecule has 1 aliphatic rings. The molecule has 5 heteroatoms. The molecular weight excluding hydrogens is 182 g/mol. The molecule has 1 fully saturated rings. The highest BCUT2D eigenvalue weighted by atomic mass is 16.5. The number of nitrogens with two attached hydrogens (primary N) is 2. The van der Waals surface area contributed by atoms with Gasteiger partial charge in [0.15, 0.2) is 0 Å². The number of hydrogen-bond acceptors (Lipinski definition) is 5. The van der Waals surface area contributed by atoms with E-state index < -0.39 is 6.23 Å². The van der Waals surface area contributed by atoms with Crippen LogP contribution in [0.25, 0.3) is 0 Å². The topological polar surface area (TPSA) is 93.5 Å². The first kappa shape index (κ1) is 11.9. The first-order chi connectivity index (χ1) is 6.64. The van der Waals surface area contributed by atoms with Crippen LogP contribution in [-0.4, -0.2) is 24.2 Å². The molecular formula is C9H21N3O2. The zero-order valence-electron chi connectivity index (χ0n) is 8.70. The van der Waals surface area contributed by atoms with E-state index in [0.717, 1.165) is 19.3 Å². The first-order valence-corrected chi connectivity index (χ1v) is 5.16. The van der Waals surface area contributed by atoms with Gasteiger partial charge in [0.05, 0.1) is 6.61 Å². The van der Waals surface area contributed by atoms with Gasteiger partial charge in [0.1, 0.15) is 12.5 Å². The number of rotatable bonds is 6. The number of aliphatic hydroxyl groups excluding tert-OH is 1. The van der Waals surface area contributed by atoms with Gasteiger partial charge >= 0.3 is 0 Å². The molecule has 0 radical (unpaired) electrons. The Kier molecular flexibility index (Phi) is 4.28. The summed E-state index contributed by atoms with van der Waals surface area (Å²) in [5.74, 6) is 5.38. The van der Waals surface area contributed by atoms with Crippen molar-refractivity contribution in [2.24, 2.45) is 17.0 Å². The summed E-state index contributed by atoms with van der Waals surface area (Å²) in [7, 11) is 0. The molecule has 0 amide bonds. The minimum atomic E-state index is -0.734. The summed E-state index contributed by atoms with van der Waals surface area (Å²) in [5.41, 5.74) is 8.05. The highest BCUT2D eigenvalue weighted by Crippen LogP contribution is 2.42. The van der Waals surface area contributed by atoms with Gasteiger partial charge in [-0.2, -0.15) is 0 Å². The van der Waals surface area contributed by atoms with Gasteiger partial charge < -0.3 is 15.6 Å². The molecule has 1 aliphatic heterocycles. The van der Waals surface area contributed by atoms with Crippen LogP contribution in [0.2, 0.25) is 0 Å². The van der Waals surface area contributed by atoms with Crippen molar-refractivity contribution in [3.63, 3.8) is 0 Å². The first-order valence-electron chi connectivity index (χ1n) is 5.16. The van der Waals surface area contributed by atoms with Crippen molar-refractivity contribution in [1.82, 2.24) is 5.43 Å². The number of aliphatic hydroxyl groups is 1. The van der Waals surface area contributed by atoms with Crippen molar-refractivity contribution >= 4 is 0 Å². The maximum atomic E-state index is 9.05. The number of nitrogens with one attached hydrogen (secondary N) is 1. The lowest BCUT2D eigenvalue weighted by Crippen LogP contribution is -2.61. The highest BCUT2D eigenvalue weighted by molar-refractivity contribution is 4.92. The molecule has 1 rings (SSSR count). The average molecular weight is 203 g/mol. The maximum absolute atomic E-state index is 9.05. The third kappa shape index (κ3) is 2.43. The minimum Gasteiger partial charge on any atom is -0.379 e. The van der Waals surface area contributed by atoms with E-state index in [4.69, 9.17) is 21.4 Å². The van der Waals surface area contributed by atoms with Crippen LogP contribution in [-0.2, 0) is 4.74 Å². The molecule has 0 aromatic carbocycles. The SMILES string of the molecule is CCC[C@]1(CC[C@H](N)O)CO[C@@H]1NN. The van der Waals surface area contributed by atoms with E-state index in [2.05, 4.69) is 12.3 Å². The van der Waals surface area contributed by atoms with Crippen LogP contribution in [0.15, 0.2) is 0 Å². The van der Waals surface area contributed by atoms with E-state index in [1.54, 1.807) is 0 Å². The molecule has 0 aliphatic carbocycles. The van der Waals surface area contributed by atoms with Crippen LogP contribution in [0.4, 0.5) is 0 Å². The van der Waals surface area contributed by atoms with Gasteiger partial charge in [0, 0.05) is 5.41 Å². The number of hydrazine groups is 1. The van der Waals surface area contributed by atoms with Gasteiger partial charge in [0.2, 0.25) is 0 Å². The molecule has 84 valence electrons. The Hall–Kier alpha value is -0.200. The predicted octanol–water partition coefficient (Wildman–Crippen LogP) is -0.350. The van der Waals surface area contributed by atoms with Crippen molar-refractivity contribution in [2.45, 2.75) is 45.1 Å². The second kappa shape index (κ2) is 5.04. The van der Waals surface area contributed by atoms with Crippen molar-refractivity contribution in [1.29, 1.82) is 0 Å². The Morgan fingerprint density at radius 1 is 1.64 bits per heavy atom. The smallest absolute Gasteiger partial charge is 0.128 e. The van der Waals surface area contributed by atoms with Crippen LogP contribution in [0.5, 0.6) is 0 Å². The lowest BCUT2D eigenvalue weighted by molar-refractivity contribution is -0.211. The molecule has 5 nitrogen and oxygen atoms in total. The lowest BCUT2D eigenvalue weighted by atomic mass is 9.74. The van der Waals surface area contributed by atoms with E-state index in [-0.39, 0.29) is 11.6 Å². The molecule has 1 heterocycles. The zero-order valence-corrected chi connectivity index (χ0v) is 8.70. The third-order valence-electron chi connectivity index (χ3n) is 2.93. The van der Waals surface area contributed by atoms with Crippen molar-refractivity contribution in [3.05, 3.63) is 0 Å². The summed E-state index contributed by atoms with van der Waals surface area (Å²) in [4.78, 5) is 0. The fraction of sp³-hybridized carbons (Fsp3) is 1.00. The van der Waals surface area contributed by atoms with Crippen molar-refractivity contribution < 1.29 is 9.84 Å². The lowest BCUT2D eigenvalue weighted by Gasteiger charge is -2.49. The predicted molar refractivity (Wildman–Crippen MR) is 53.8 cm³/mol. The van der Waals surface area contributed by atoms with E-state index in [9.17, 15) is 0 Å². The Morgan fingerprint density at radius 3 is 2.71 bits per heavy atom. The monoisotopic (exact) mass is 203 g/mol. The Balaban J connectivity index is 2.45. The molecule has 6 N–H and O–H groups in total. The van der Waals surface area contributed by atoms with Gasteiger partial charge in [0.25, 0.3) is 0 Å². The molecule has 0 spiro atoms. The quantitative estimate of drug-likeness (QED) is 0.269. The van der Waals surface area contributed by atoms with Crippen LogP contribution < -0.4 is 17.0 Å². The van der Waals surface area contributed by atoms with Crippen LogP contribution >= 0.6 is 0 Å². The summed E-state index contributed by atoms with van der Waals surface area (Å²) in [5, 5.41) is 9.05. The Bertz CT molecular complexity index is 175. The second-order valence-corrected chi connectivity index (χ2v) is 4.08. The van der Waals surface area contributed by atoms with Gasteiger partial charge in [-0.25, -0.2) is 5.43 Å². The molecule has 0 unspecified atom stereocenters. The average Bonchev–Trinajstić information content (AvgIpc) is 2.11. The second-order valence-electron chi connectivity index (χ2n) is 4.08. The molecule has 14 heavy (non-hydrogen) atoms. The molecule has 0 bridgehead atoms. The molecule has 0 saturated carbocycles. The number of hydrogen-bond donors (Lipinski definition) is 4. The van der Waals surface area contributed by atoms with E-state index in [0.29, 0.717) is 13.0 Å². The van der Waals surface area contributed by atoms with Gasteiger partial charge in [-0.1, -0.05) is 13.3 Å². The maximum Gasteiger partial charge on any atom is 0.128 e. The van der Waals surface area contributed by atoms with E-state index in [1.165, 1.54) is 0 Å². The number of ether oxygens (including phenoxy) is 1. The van der Waals surface area contributed by atoms with Crippen molar-refractivity contribution in [2.75, 3.05) is 6.61 Å². The standard InChI is InChI=1S/C9H21N3O2/c1-2-4-9(5-3-7(10)13)6-14-8(9)12-11/h7-8,12-13H,2-6,10-11H2,1H3/t7-,8+,9+/m1/s1. The summed E-state index contributed by atoms with van der Waals surface area (Å²) < 4.78 is 5.32. The summed E-state index contributed by atoms with van der Waals surface area (Å²) >= 11 is 0. The highest BCUT2D eigenvalue weighted by Gasteiger charge is 2.46. The van der Waals surface area contributed by atoms with Crippen LogP contribution in [0, 0.1) is 5.41 Å². The summed E-state index contributed by atoms with van der Waals surface area (Å²) in [6, 6.07) is 0. The minimum absolute atomic E-state index is 0.0733. The Morgan fingerprint density at radius 2 is 2.36 bits per heavy atom.